The summed E-state index contributed by atoms with van der Waals surface area (Å²) in [6.45, 7) is 2.28. The van der Waals surface area contributed by atoms with Crippen molar-refractivity contribution in [2.75, 3.05) is 11.5 Å². The molecule has 4 rings (SSSR count). The molecule has 0 spiro atoms. The number of carbonyl (C=O) groups is 1. The highest BCUT2D eigenvalue weighted by Crippen LogP contribution is 2.39. The SMILES string of the molecule is CCCn1c(=O)[nH]c(=O)c2c(C(=O)NC3CCS(=O)(=O)C3)cc(C3CC3)nc21. The Labute approximate surface area is 161 Å². The van der Waals surface area contributed by atoms with Gasteiger partial charge in [-0.2, -0.15) is 0 Å². The van der Waals surface area contributed by atoms with Crippen molar-refractivity contribution in [3.8, 4) is 0 Å². The van der Waals surface area contributed by atoms with E-state index in [9.17, 15) is 22.8 Å². The van der Waals surface area contributed by atoms with Crippen LogP contribution in [-0.2, 0) is 16.4 Å². The van der Waals surface area contributed by atoms with Crippen LogP contribution in [-0.4, -0.2) is 46.4 Å². The maximum absolute atomic E-state index is 13.0. The highest BCUT2D eigenvalue weighted by atomic mass is 32.2. The lowest BCUT2D eigenvalue weighted by Gasteiger charge is -2.15. The molecule has 2 aliphatic rings. The minimum Gasteiger partial charge on any atom is -0.348 e. The fourth-order valence-electron chi connectivity index (χ4n) is 3.66. The smallest absolute Gasteiger partial charge is 0.329 e. The van der Waals surface area contributed by atoms with Gasteiger partial charge in [0.1, 0.15) is 0 Å². The number of sulfone groups is 1. The number of amides is 1. The van der Waals surface area contributed by atoms with Crippen LogP contribution in [0.1, 0.15) is 54.6 Å². The number of hydrogen-bond donors (Lipinski definition) is 2. The standard InChI is InChI=1S/C18H22N4O5S/c1-2-6-22-15-14(17(24)21-18(22)25)12(8-13(20-15)10-3-4-10)16(23)19-11-5-7-28(26,27)9-11/h8,10-11H,2-7,9H2,1H3,(H,19,23)(H,21,24,25). The summed E-state index contributed by atoms with van der Waals surface area (Å²) in [5, 5.41) is 2.80. The average Bonchev–Trinajstić information content (AvgIpc) is 3.42. The normalized spacial score (nSPS) is 21.1. The number of nitrogens with zero attached hydrogens (tertiary/aromatic N) is 2. The van der Waals surface area contributed by atoms with Crippen molar-refractivity contribution in [1.82, 2.24) is 19.9 Å². The highest BCUT2D eigenvalue weighted by molar-refractivity contribution is 7.91. The molecule has 0 bridgehead atoms. The molecule has 2 aromatic heterocycles. The average molecular weight is 406 g/mol. The minimum absolute atomic E-state index is 0.0407. The van der Waals surface area contributed by atoms with E-state index < -0.39 is 33.0 Å². The molecule has 9 nitrogen and oxygen atoms in total. The van der Waals surface area contributed by atoms with Gasteiger partial charge in [-0.1, -0.05) is 6.92 Å². The summed E-state index contributed by atoms with van der Waals surface area (Å²) >= 11 is 0. The summed E-state index contributed by atoms with van der Waals surface area (Å²) in [5.74, 6) is -0.358. The van der Waals surface area contributed by atoms with Crippen LogP contribution in [0.5, 0.6) is 0 Å². The van der Waals surface area contributed by atoms with Gasteiger partial charge in [-0.15, -0.1) is 0 Å². The molecule has 1 unspecified atom stereocenters. The van der Waals surface area contributed by atoms with E-state index in [1.54, 1.807) is 6.07 Å². The number of aromatic nitrogens is 3. The molecule has 1 aliphatic carbocycles. The van der Waals surface area contributed by atoms with E-state index >= 15 is 0 Å². The third-order valence-electron chi connectivity index (χ3n) is 5.22. The van der Waals surface area contributed by atoms with E-state index in [1.807, 2.05) is 6.92 Å². The zero-order valence-electron chi connectivity index (χ0n) is 15.5. The first-order valence-electron chi connectivity index (χ1n) is 9.48. The molecule has 2 fully saturated rings. The van der Waals surface area contributed by atoms with Gasteiger partial charge in [0.15, 0.2) is 15.5 Å². The topological polar surface area (TPSA) is 131 Å². The number of aromatic amines is 1. The van der Waals surface area contributed by atoms with E-state index in [0.717, 1.165) is 12.8 Å². The molecule has 1 saturated carbocycles. The zero-order chi connectivity index (χ0) is 20.1. The number of rotatable bonds is 5. The molecule has 0 radical (unpaired) electrons. The molecule has 1 saturated heterocycles. The van der Waals surface area contributed by atoms with E-state index in [-0.39, 0.29) is 34.0 Å². The molecule has 1 aliphatic heterocycles. The van der Waals surface area contributed by atoms with Crippen molar-refractivity contribution in [2.24, 2.45) is 0 Å². The summed E-state index contributed by atoms with van der Waals surface area (Å²) in [4.78, 5) is 44.6. The second-order valence-electron chi connectivity index (χ2n) is 7.55. The second-order valence-corrected chi connectivity index (χ2v) is 9.78. The predicted octanol–water partition coefficient (Wildman–Crippen LogP) is 0.289. The number of hydrogen-bond acceptors (Lipinski definition) is 6. The third kappa shape index (κ3) is 3.48. The van der Waals surface area contributed by atoms with E-state index in [0.29, 0.717) is 25.1 Å². The quantitative estimate of drug-likeness (QED) is 0.734. The summed E-state index contributed by atoms with van der Waals surface area (Å²) in [6, 6.07) is 1.13. The maximum atomic E-state index is 13.0. The first kappa shape index (κ1) is 18.9. The first-order valence-corrected chi connectivity index (χ1v) is 11.3. The first-order chi connectivity index (χ1) is 13.3. The van der Waals surface area contributed by atoms with Crippen LogP contribution in [0, 0.1) is 0 Å². The molecule has 1 amide bonds. The van der Waals surface area contributed by atoms with Crippen LogP contribution < -0.4 is 16.6 Å². The zero-order valence-corrected chi connectivity index (χ0v) is 16.3. The van der Waals surface area contributed by atoms with Gasteiger partial charge < -0.3 is 5.32 Å². The Hall–Kier alpha value is -2.49. The van der Waals surface area contributed by atoms with Crippen LogP contribution in [0.4, 0.5) is 0 Å². The van der Waals surface area contributed by atoms with Crippen molar-refractivity contribution in [2.45, 2.75) is 51.1 Å². The van der Waals surface area contributed by atoms with Crippen LogP contribution in [0.25, 0.3) is 11.0 Å². The maximum Gasteiger partial charge on any atom is 0.329 e. The lowest BCUT2D eigenvalue weighted by molar-refractivity contribution is 0.0942. The molecule has 1 atom stereocenters. The fourth-order valence-corrected chi connectivity index (χ4v) is 5.34. The summed E-state index contributed by atoms with van der Waals surface area (Å²) in [7, 11) is -3.15. The second kappa shape index (κ2) is 6.84. The van der Waals surface area contributed by atoms with Gasteiger partial charge in [-0.3, -0.25) is 19.1 Å². The molecular weight excluding hydrogens is 384 g/mol. The number of carbonyl (C=O) groups excluding carboxylic acids is 1. The number of aryl methyl sites for hydroxylation is 1. The molecule has 2 aromatic rings. The summed E-state index contributed by atoms with van der Waals surface area (Å²) in [6.07, 6.45) is 2.91. The Morgan fingerprint density at radius 1 is 1.32 bits per heavy atom. The van der Waals surface area contributed by atoms with Crippen LogP contribution in [0.3, 0.4) is 0 Å². The van der Waals surface area contributed by atoms with Gasteiger partial charge in [0.05, 0.1) is 22.5 Å². The Balaban J connectivity index is 1.84. The molecule has 10 heteroatoms. The van der Waals surface area contributed by atoms with Gasteiger partial charge in [-0.25, -0.2) is 18.2 Å². The number of fused-ring (bicyclic) bond motifs is 1. The van der Waals surface area contributed by atoms with Crippen molar-refractivity contribution >= 4 is 26.8 Å². The molecule has 3 heterocycles. The molecule has 2 N–H and O–H groups in total. The fraction of sp³-hybridized carbons (Fsp3) is 0.556. The van der Waals surface area contributed by atoms with Crippen molar-refractivity contribution in [3.63, 3.8) is 0 Å². The summed E-state index contributed by atoms with van der Waals surface area (Å²) < 4.78 is 24.7. The Morgan fingerprint density at radius 3 is 2.68 bits per heavy atom. The van der Waals surface area contributed by atoms with E-state index in [2.05, 4.69) is 15.3 Å². The van der Waals surface area contributed by atoms with Crippen LogP contribution in [0.15, 0.2) is 15.7 Å². The van der Waals surface area contributed by atoms with Gasteiger partial charge in [-0.05, 0) is 31.7 Å². The number of pyridine rings is 1. The van der Waals surface area contributed by atoms with Gasteiger partial charge in [0, 0.05) is 24.2 Å². The van der Waals surface area contributed by atoms with Crippen molar-refractivity contribution < 1.29 is 13.2 Å². The van der Waals surface area contributed by atoms with Crippen LogP contribution >= 0.6 is 0 Å². The molecule has 28 heavy (non-hydrogen) atoms. The monoisotopic (exact) mass is 406 g/mol. The van der Waals surface area contributed by atoms with Crippen molar-refractivity contribution in [1.29, 1.82) is 0 Å². The number of nitrogens with one attached hydrogen (secondary N) is 2. The predicted molar refractivity (Wildman–Crippen MR) is 103 cm³/mol. The molecule has 0 aromatic carbocycles. The Morgan fingerprint density at radius 2 is 2.07 bits per heavy atom. The lowest BCUT2D eigenvalue weighted by Crippen LogP contribution is -2.37. The van der Waals surface area contributed by atoms with E-state index in [4.69, 9.17) is 0 Å². The van der Waals surface area contributed by atoms with E-state index in [1.165, 1.54) is 4.57 Å². The van der Waals surface area contributed by atoms with Gasteiger partial charge in [0.2, 0.25) is 0 Å². The lowest BCUT2D eigenvalue weighted by atomic mass is 10.1. The van der Waals surface area contributed by atoms with Crippen LogP contribution in [0.2, 0.25) is 0 Å². The van der Waals surface area contributed by atoms with Crippen molar-refractivity contribution in [3.05, 3.63) is 38.2 Å². The third-order valence-corrected chi connectivity index (χ3v) is 6.99. The summed E-state index contributed by atoms with van der Waals surface area (Å²) in [5.41, 5.74) is -0.169. The number of H-pyrrole nitrogens is 1. The largest absolute Gasteiger partial charge is 0.348 e. The van der Waals surface area contributed by atoms with Gasteiger partial charge in [0.25, 0.3) is 11.5 Å². The molecule has 150 valence electrons. The molecular formula is C18H22N4O5S. The Bertz CT molecular complexity index is 1180. The highest BCUT2D eigenvalue weighted by Gasteiger charge is 2.32. The Kier molecular flexibility index (Phi) is 4.60. The minimum atomic E-state index is -3.15. The van der Waals surface area contributed by atoms with Gasteiger partial charge >= 0.3 is 5.69 Å².